The lowest BCUT2D eigenvalue weighted by atomic mass is 10.0. The minimum absolute atomic E-state index is 0.650. The van der Waals surface area contributed by atoms with Gasteiger partial charge in [-0.15, -0.1) is 0 Å². The summed E-state index contributed by atoms with van der Waals surface area (Å²) >= 11 is 0. The topological polar surface area (TPSA) is 12.0 Å². The summed E-state index contributed by atoms with van der Waals surface area (Å²) in [5.74, 6) is 0.954. The molecule has 2 unspecified atom stereocenters. The smallest absolute Gasteiger partial charge is 0.00104 e. The fourth-order valence-corrected chi connectivity index (χ4v) is 1.63. The van der Waals surface area contributed by atoms with Crippen molar-refractivity contribution in [1.82, 2.24) is 5.32 Å². The Morgan fingerprint density at radius 3 is 2.55 bits per heavy atom. The highest BCUT2D eigenvalue weighted by molar-refractivity contribution is 4.98. The van der Waals surface area contributed by atoms with Crippen LogP contribution in [-0.4, -0.2) is 12.6 Å². The fourth-order valence-electron chi connectivity index (χ4n) is 1.63. The molecule has 1 rings (SSSR count). The van der Waals surface area contributed by atoms with Gasteiger partial charge in [0.2, 0.25) is 0 Å². The molecule has 1 nitrogen and oxygen atoms in total. The zero-order chi connectivity index (χ0) is 8.48. The molecule has 1 N–H and O–H groups in total. The van der Waals surface area contributed by atoms with Crippen LogP contribution in [-0.2, 0) is 0 Å². The summed E-state index contributed by atoms with van der Waals surface area (Å²) in [4.78, 5) is 0. The van der Waals surface area contributed by atoms with Gasteiger partial charge in [-0.25, -0.2) is 0 Å². The minimum atomic E-state index is 0.650. The van der Waals surface area contributed by atoms with Crippen molar-refractivity contribution in [3.8, 4) is 0 Å². The van der Waals surface area contributed by atoms with Gasteiger partial charge in [-0.05, 0) is 24.3 Å². The van der Waals surface area contributed by atoms with Gasteiger partial charge in [0, 0.05) is 6.04 Å². The van der Waals surface area contributed by atoms with Gasteiger partial charge >= 0.3 is 0 Å². The molecule has 1 saturated carbocycles. The second-order valence-corrected chi connectivity index (χ2v) is 4.47. The lowest BCUT2D eigenvalue weighted by molar-refractivity contribution is 0.450. The lowest BCUT2D eigenvalue weighted by Gasteiger charge is -2.10. The molecule has 0 aromatic carbocycles. The van der Waals surface area contributed by atoms with E-state index in [0.29, 0.717) is 11.5 Å². The molecule has 0 radical (unpaired) electrons. The van der Waals surface area contributed by atoms with Crippen LogP contribution in [0.1, 0.15) is 40.5 Å². The molecular weight excluding hydrogens is 134 g/mol. The number of hydrogen-bond acceptors (Lipinski definition) is 1. The molecular formula is C10H21N. The summed E-state index contributed by atoms with van der Waals surface area (Å²) in [7, 11) is 0. The van der Waals surface area contributed by atoms with Crippen molar-refractivity contribution in [2.45, 2.75) is 46.6 Å². The lowest BCUT2D eigenvalue weighted by Crippen LogP contribution is -2.26. The predicted molar refractivity (Wildman–Crippen MR) is 49.6 cm³/mol. The van der Waals surface area contributed by atoms with E-state index in [1.165, 1.54) is 19.4 Å². The second kappa shape index (κ2) is 3.14. The molecule has 1 aliphatic carbocycles. The van der Waals surface area contributed by atoms with Crippen LogP contribution in [0, 0.1) is 11.3 Å². The summed E-state index contributed by atoms with van der Waals surface area (Å²) in [5.41, 5.74) is 0.682. The van der Waals surface area contributed by atoms with E-state index >= 15 is 0 Å². The predicted octanol–water partition coefficient (Wildman–Crippen LogP) is 2.42. The van der Waals surface area contributed by atoms with Crippen LogP contribution in [0.15, 0.2) is 0 Å². The molecule has 0 spiro atoms. The van der Waals surface area contributed by atoms with E-state index in [1.54, 1.807) is 0 Å². The maximum atomic E-state index is 3.50. The fraction of sp³-hybridized carbons (Fsp3) is 1.00. The molecule has 66 valence electrons. The van der Waals surface area contributed by atoms with E-state index in [4.69, 9.17) is 0 Å². The normalized spacial score (nSPS) is 36.3. The Morgan fingerprint density at radius 2 is 2.18 bits per heavy atom. The van der Waals surface area contributed by atoms with Gasteiger partial charge in [0.05, 0.1) is 0 Å². The molecule has 0 amide bonds. The SMILES string of the molecule is CCC1(C)CC1CNC(C)C. The molecule has 0 bridgehead atoms. The van der Waals surface area contributed by atoms with E-state index in [-0.39, 0.29) is 0 Å². The second-order valence-electron chi connectivity index (χ2n) is 4.47. The third-order valence-corrected chi connectivity index (χ3v) is 3.12. The Balaban J connectivity index is 2.13. The first kappa shape index (κ1) is 9.05. The minimum Gasteiger partial charge on any atom is -0.314 e. The van der Waals surface area contributed by atoms with E-state index in [9.17, 15) is 0 Å². The average molecular weight is 155 g/mol. The van der Waals surface area contributed by atoms with E-state index in [1.807, 2.05) is 0 Å². The van der Waals surface area contributed by atoms with Gasteiger partial charge in [-0.2, -0.15) is 0 Å². The highest BCUT2D eigenvalue weighted by atomic mass is 14.9. The monoisotopic (exact) mass is 155 g/mol. The first-order chi connectivity index (χ1) is 5.08. The highest BCUT2D eigenvalue weighted by Crippen LogP contribution is 2.54. The van der Waals surface area contributed by atoms with E-state index < -0.39 is 0 Å². The van der Waals surface area contributed by atoms with Crippen molar-refractivity contribution in [2.75, 3.05) is 6.54 Å². The van der Waals surface area contributed by atoms with Crippen LogP contribution in [0.25, 0.3) is 0 Å². The molecule has 0 saturated heterocycles. The first-order valence-electron chi connectivity index (χ1n) is 4.82. The van der Waals surface area contributed by atoms with Crippen molar-refractivity contribution in [3.05, 3.63) is 0 Å². The standard InChI is InChI=1S/C10H21N/c1-5-10(4)6-9(10)7-11-8(2)3/h8-9,11H,5-7H2,1-4H3. The Hall–Kier alpha value is -0.0400. The molecule has 0 aromatic rings. The maximum absolute atomic E-state index is 3.50. The van der Waals surface area contributed by atoms with Crippen molar-refractivity contribution in [2.24, 2.45) is 11.3 Å². The van der Waals surface area contributed by atoms with Crippen LogP contribution < -0.4 is 5.32 Å². The van der Waals surface area contributed by atoms with Crippen molar-refractivity contribution in [3.63, 3.8) is 0 Å². The molecule has 11 heavy (non-hydrogen) atoms. The molecule has 1 fully saturated rings. The van der Waals surface area contributed by atoms with Gasteiger partial charge in [0.15, 0.2) is 0 Å². The van der Waals surface area contributed by atoms with Gasteiger partial charge in [0.25, 0.3) is 0 Å². The average Bonchev–Trinajstić information content (AvgIpc) is 2.59. The summed E-state index contributed by atoms with van der Waals surface area (Å²) in [5, 5.41) is 3.50. The third kappa shape index (κ3) is 2.19. The Kier molecular flexibility index (Phi) is 2.58. The van der Waals surface area contributed by atoms with Crippen LogP contribution in [0.2, 0.25) is 0 Å². The quantitative estimate of drug-likeness (QED) is 0.657. The van der Waals surface area contributed by atoms with Crippen LogP contribution in [0.4, 0.5) is 0 Å². The van der Waals surface area contributed by atoms with Gasteiger partial charge in [0.1, 0.15) is 0 Å². The zero-order valence-electron chi connectivity index (χ0n) is 8.28. The summed E-state index contributed by atoms with van der Waals surface area (Å²) in [6.07, 6.45) is 2.78. The van der Waals surface area contributed by atoms with Crippen LogP contribution in [0.5, 0.6) is 0 Å². The van der Waals surface area contributed by atoms with Crippen molar-refractivity contribution >= 4 is 0 Å². The first-order valence-corrected chi connectivity index (χ1v) is 4.82. The van der Waals surface area contributed by atoms with Gasteiger partial charge < -0.3 is 5.32 Å². The van der Waals surface area contributed by atoms with E-state index in [2.05, 4.69) is 33.0 Å². The van der Waals surface area contributed by atoms with Crippen molar-refractivity contribution in [1.29, 1.82) is 0 Å². The maximum Gasteiger partial charge on any atom is 0.00104 e. The van der Waals surface area contributed by atoms with Crippen LogP contribution >= 0.6 is 0 Å². The molecule has 0 aromatic heterocycles. The number of rotatable bonds is 4. The third-order valence-electron chi connectivity index (χ3n) is 3.12. The molecule has 1 aliphatic rings. The van der Waals surface area contributed by atoms with Crippen LogP contribution in [0.3, 0.4) is 0 Å². The molecule has 1 heteroatoms. The Morgan fingerprint density at radius 1 is 1.55 bits per heavy atom. The molecule has 2 atom stereocenters. The largest absolute Gasteiger partial charge is 0.314 e. The molecule has 0 heterocycles. The van der Waals surface area contributed by atoms with Gasteiger partial charge in [-0.1, -0.05) is 34.1 Å². The summed E-state index contributed by atoms with van der Waals surface area (Å²) in [6, 6.07) is 0.650. The summed E-state index contributed by atoms with van der Waals surface area (Å²) < 4.78 is 0. The Bertz CT molecular complexity index is 131. The summed E-state index contributed by atoms with van der Waals surface area (Å²) in [6.45, 7) is 10.4. The molecule has 0 aliphatic heterocycles. The van der Waals surface area contributed by atoms with E-state index in [0.717, 1.165) is 5.92 Å². The highest BCUT2D eigenvalue weighted by Gasteiger charge is 2.47. The zero-order valence-corrected chi connectivity index (χ0v) is 8.28. The number of nitrogens with one attached hydrogen (secondary N) is 1. The Labute approximate surface area is 70.6 Å². The van der Waals surface area contributed by atoms with Crippen molar-refractivity contribution < 1.29 is 0 Å². The number of hydrogen-bond donors (Lipinski definition) is 1. The van der Waals surface area contributed by atoms with Gasteiger partial charge in [-0.3, -0.25) is 0 Å².